The third-order valence-electron chi connectivity index (χ3n) is 2.45. The monoisotopic (exact) mass is 236 g/mol. The SMILES string of the molecule is O=c1cc(CF)occ1OCC1=CCCC=C1. The molecule has 0 N–H and O–H groups in total. The number of alkyl halides is 1. The Balaban J connectivity index is 2.02. The van der Waals surface area contributed by atoms with Crippen LogP contribution in [0.1, 0.15) is 18.6 Å². The summed E-state index contributed by atoms with van der Waals surface area (Å²) < 4.78 is 22.4. The Morgan fingerprint density at radius 3 is 2.94 bits per heavy atom. The van der Waals surface area contributed by atoms with Crippen molar-refractivity contribution in [1.29, 1.82) is 0 Å². The van der Waals surface area contributed by atoms with E-state index < -0.39 is 6.67 Å². The van der Waals surface area contributed by atoms with Crippen molar-refractivity contribution in [3.05, 3.63) is 52.1 Å². The predicted octanol–water partition coefficient (Wildman–Crippen LogP) is 2.76. The summed E-state index contributed by atoms with van der Waals surface area (Å²) in [5, 5.41) is 0. The number of hydrogen-bond donors (Lipinski definition) is 0. The molecule has 90 valence electrons. The highest BCUT2D eigenvalue weighted by molar-refractivity contribution is 5.25. The fourth-order valence-electron chi connectivity index (χ4n) is 1.55. The van der Waals surface area contributed by atoms with E-state index in [0.717, 1.165) is 30.7 Å². The second kappa shape index (κ2) is 5.48. The van der Waals surface area contributed by atoms with E-state index in [2.05, 4.69) is 12.2 Å². The summed E-state index contributed by atoms with van der Waals surface area (Å²) in [7, 11) is 0. The Hall–Kier alpha value is -1.84. The number of hydrogen-bond acceptors (Lipinski definition) is 3. The summed E-state index contributed by atoms with van der Waals surface area (Å²) in [5.74, 6) is 0.126. The molecule has 0 bridgehead atoms. The summed E-state index contributed by atoms with van der Waals surface area (Å²) in [6.45, 7) is -0.459. The van der Waals surface area contributed by atoms with Crippen molar-refractivity contribution in [3.63, 3.8) is 0 Å². The molecule has 1 aliphatic carbocycles. The van der Waals surface area contributed by atoms with E-state index in [0.29, 0.717) is 6.61 Å². The van der Waals surface area contributed by atoms with Crippen LogP contribution in [0, 0.1) is 0 Å². The van der Waals surface area contributed by atoms with Crippen molar-refractivity contribution in [1.82, 2.24) is 0 Å². The van der Waals surface area contributed by atoms with Gasteiger partial charge < -0.3 is 9.15 Å². The minimum Gasteiger partial charge on any atom is -0.482 e. The molecule has 0 spiro atoms. The maximum atomic E-state index is 12.2. The highest BCUT2D eigenvalue weighted by atomic mass is 19.1. The number of ether oxygens (including phenoxy) is 1. The lowest BCUT2D eigenvalue weighted by atomic mass is 10.1. The quantitative estimate of drug-likeness (QED) is 0.806. The molecule has 1 aromatic heterocycles. The van der Waals surface area contributed by atoms with Gasteiger partial charge in [-0.1, -0.05) is 18.2 Å². The molecule has 2 rings (SSSR count). The molecule has 1 heterocycles. The highest BCUT2D eigenvalue weighted by Crippen LogP contribution is 2.12. The van der Waals surface area contributed by atoms with Crippen LogP contribution in [0.5, 0.6) is 5.75 Å². The van der Waals surface area contributed by atoms with Gasteiger partial charge in [-0.25, -0.2) is 4.39 Å². The van der Waals surface area contributed by atoms with Gasteiger partial charge in [-0.2, -0.15) is 0 Å². The molecule has 3 nitrogen and oxygen atoms in total. The molecule has 0 aliphatic heterocycles. The Morgan fingerprint density at radius 1 is 1.41 bits per heavy atom. The molecular weight excluding hydrogens is 223 g/mol. The van der Waals surface area contributed by atoms with E-state index in [1.165, 1.54) is 0 Å². The first-order valence-corrected chi connectivity index (χ1v) is 5.45. The Labute approximate surface area is 98.2 Å². The summed E-state index contributed by atoms with van der Waals surface area (Å²) in [6, 6.07) is 1.11. The van der Waals surface area contributed by atoms with Gasteiger partial charge in [-0.15, -0.1) is 0 Å². The van der Waals surface area contributed by atoms with Gasteiger partial charge in [0.25, 0.3) is 0 Å². The highest BCUT2D eigenvalue weighted by Gasteiger charge is 2.05. The molecule has 1 aliphatic rings. The van der Waals surface area contributed by atoms with Crippen LogP contribution in [-0.4, -0.2) is 6.61 Å². The molecule has 0 saturated carbocycles. The minimum absolute atomic E-state index is 0.0131. The van der Waals surface area contributed by atoms with E-state index in [4.69, 9.17) is 9.15 Å². The lowest BCUT2D eigenvalue weighted by Gasteiger charge is -2.08. The van der Waals surface area contributed by atoms with Crippen molar-refractivity contribution in [3.8, 4) is 5.75 Å². The summed E-state index contributed by atoms with van der Waals surface area (Å²) >= 11 is 0. The number of allylic oxidation sites excluding steroid dienone is 2. The van der Waals surface area contributed by atoms with Crippen LogP contribution < -0.4 is 10.2 Å². The van der Waals surface area contributed by atoms with Gasteiger partial charge in [0.05, 0.1) is 0 Å². The van der Waals surface area contributed by atoms with Crippen LogP contribution in [0.25, 0.3) is 0 Å². The largest absolute Gasteiger partial charge is 0.482 e. The Kier molecular flexibility index (Phi) is 3.75. The van der Waals surface area contributed by atoms with Gasteiger partial charge in [0.2, 0.25) is 11.2 Å². The van der Waals surface area contributed by atoms with Crippen LogP contribution in [-0.2, 0) is 6.67 Å². The zero-order valence-corrected chi connectivity index (χ0v) is 9.32. The molecule has 4 heteroatoms. The van der Waals surface area contributed by atoms with Gasteiger partial charge in [0, 0.05) is 6.07 Å². The van der Waals surface area contributed by atoms with Gasteiger partial charge in [-0.3, -0.25) is 4.79 Å². The van der Waals surface area contributed by atoms with Crippen molar-refractivity contribution >= 4 is 0 Å². The van der Waals surface area contributed by atoms with Gasteiger partial charge >= 0.3 is 0 Å². The summed E-state index contributed by atoms with van der Waals surface area (Å²) in [4.78, 5) is 11.5. The average molecular weight is 236 g/mol. The Morgan fingerprint density at radius 2 is 2.29 bits per heavy atom. The van der Waals surface area contributed by atoms with Crippen LogP contribution >= 0.6 is 0 Å². The predicted molar refractivity (Wildman–Crippen MR) is 61.7 cm³/mol. The first-order chi connectivity index (χ1) is 8.29. The standard InChI is InChI=1S/C13H13FO3/c14-7-11-6-12(15)13(9-16-11)17-8-10-4-2-1-3-5-10/h2,4-6,9H,1,3,7-8H2. The first kappa shape index (κ1) is 11.6. The van der Waals surface area contributed by atoms with Crippen molar-refractivity contribution < 1.29 is 13.5 Å². The molecule has 0 radical (unpaired) electrons. The summed E-state index contributed by atoms with van der Waals surface area (Å²) in [5.41, 5.74) is 0.675. The molecule has 17 heavy (non-hydrogen) atoms. The minimum atomic E-state index is -0.788. The number of halogens is 1. The summed E-state index contributed by atoms with van der Waals surface area (Å²) in [6.07, 6.45) is 9.29. The third-order valence-corrected chi connectivity index (χ3v) is 2.45. The van der Waals surface area contributed by atoms with Crippen molar-refractivity contribution in [2.75, 3.05) is 6.61 Å². The van der Waals surface area contributed by atoms with Gasteiger partial charge in [0.15, 0.2) is 0 Å². The van der Waals surface area contributed by atoms with E-state index in [9.17, 15) is 9.18 Å². The van der Waals surface area contributed by atoms with E-state index in [1.54, 1.807) is 0 Å². The zero-order chi connectivity index (χ0) is 12.1. The van der Waals surface area contributed by atoms with Crippen LogP contribution in [0.3, 0.4) is 0 Å². The maximum Gasteiger partial charge on any atom is 0.227 e. The lowest BCUT2D eigenvalue weighted by molar-refractivity contribution is 0.321. The third kappa shape index (κ3) is 3.06. The van der Waals surface area contributed by atoms with Crippen LogP contribution in [0.4, 0.5) is 4.39 Å². The lowest BCUT2D eigenvalue weighted by Crippen LogP contribution is -2.10. The molecule has 0 saturated heterocycles. The molecule has 1 aromatic rings. The van der Waals surface area contributed by atoms with Crippen molar-refractivity contribution in [2.45, 2.75) is 19.5 Å². The second-order valence-electron chi connectivity index (χ2n) is 3.76. The first-order valence-electron chi connectivity index (χ1n) is 5.45. The molecule has 0 unspecified atom stereocenters. The smallest absolute Gasteiger partial charge is 0.227 e. The van der Waals surface area contributed by atoms with E-state index in [1.807, 2.05) is 6.08 Å². The zero-order valence-electron chi connectivity index (χ0n) is 9.32. The fraction of sp³-hybridized carbons (Fsp3) is 0.308. The van der Waals surface area contributed by atoms with Crippen LogP contribution in [0.2, 0.25) is 0 Å². The fourth-order valence-corrected chi connectivity index (χ4v) is 1.55. The Bertz CT molecular complexity index is 500. The molecule has 0 atom stereocenters. The molecule has 0 amide bonds. The molecule has 0 fully saturated rings. The van der Waals surface area contributed by atoms with Crippen molar-refractivity contribution in [2.24, 2.45) is 0 Å². The normalized spacial score (nSPS) is 14.5. The van der Waals surface area contributed by atoms with E-state index >= 15 is 0 Å². The average Bonchev–Trinajstić information content (AvgIpc) is 2.38. The maximum absolute atomic E-state index is 12.2. The topological polar surface area (TPSA) is 39.4 Å². The molecular formula is C13H13FO3. The number of rotatable bonds is 4. The van der Waals surface area contributed by atoms with Gasteiger partial charge in [-0.05, 0) is 18.4 Å². The van der Waals surface area contributed by atoms with E-state index in [-0.39, 0.29) is 16.9 Å². The van der Waals surface area contributed by atoms with Crippen LogP contribution in [0.15, 0.2) is 45.3 Å². The molecule has 0 aromatic carbocycles. The van der Waals surface area contributed by atoms with Gasteiger partial charge in [0.1, 0.15) is 25.3 Å². The second-order valence-corrected chi connectivity index (χ2v) is 3.76.